The molecule has 4 nitrogen and oxygen atoms in total. The van der Waals surface area contributed by atoms with E-state index >= 15 is 0 Å². The van der Waals surface area contributed by atoms with E-state index in [1.807, 2.05) is 0 Å². The predicted octanol–water partition coefficient (Wildman–Crippen LogP) is 2.05. The Labute approximate surface area is 113 Å². The van der Waals surface area contributed by atoms with Crippen molar-refractivity contribution in [2.24, 2.45) is 17.6 Å². The van der Waals surface area contributed by atoms with Crippen LogP contribution in [0.3, 0.4) is 0 Å². The number of aromatic nitrogens is 2. The van der Waals surface area contributed by atoms with Crippen LogP contribution in [-0.2, 0) is 6.42 Å². The van der Waals surface area contributed by atoms with Gasteiger partial charge >= 0.3 is 0 Å². The van der Waals surface area contributed by atoms with Crippen molar-refractivity contribution >= 4 is 16.7 Å². The van der Waals surface area contributed by atoms with E-state index in [1.54, 1.807) is 11.5 Å². The molecular weight excluding hydrogens is 244 g/mol. The highest BCUT2D eigenvalue weighted by molar-refractivity contribution is 7.09. The summed E-state index contributed by atoms with van der Waals surface area (Å²) >= 11 is 1.57. The molecule has 3 atom stereocenters. The molecule has 0 bridgehead atoms. The highest BCUT2D eigenvalue weighted by Gasteiger charge is 2.37. The van der Waals surface area contributed by atoms with Gasteiger partial charge in [-0.1, -0.05) is 6.92 Å². The highest BCUT2D eigenvalue weighted by atomic mass is 32.1. The summed E-state index contributed by atoms with van der Waals surface area (Å²) in [7, 11) is 0. The van der Waals surface area contributed by atoms with Crippen LogP contribution in [0.15, 0.2) is 0 Å². The zero-order valence-electron chi connectivity index (χ0n) is 11.0. The minimum Gasteiger partial charge on any atom is -0.346 e. The van der Waals surface area contributed by atoms with E-state index in [-0.39, 0.29) is 0 Å². The Hall–Kier alpha value is -0.680. The summed E-state index contributed by atoms with van der Waals surface area (Å²) in [5.74, 6) is 2.64. The van der Waals surface area contributed by atoms with E-state index in [2.05, 4.69) is 21.2 Å². The molecule has 1 aromatic rings. The van der Waals surface area contributed by atoms with Crippen molar-refractivity contribution in [3.63, 3.8) is 0 Å². The van der Waals surface area contributed by atoms with E-state index in [9.17, 15) is 0 Å². The summed E-state index contributed by atoms with van der Waals surface area (Å²) in [4.78, 5) is 7.10. The Kier molecular flexibility index (Phi) is 3.52. The summed E-state index contributed by atoms with van der Waals surface area (Å²) in [6.45, 7) is 4.48. The third kappa shape index (κ3) is 2.38. The molecule has 0 amide bonds. The molecule has 0 spiro atoms. The van der Waals surface area contributed by atoms with Gasteiger partial charge in [-0.05, 0) is 37.5 Å². The molecule has 1 aromatic heterocycles. The fourth-order valence-corrected chi connectivity index (χ4v) is 4.05. The Morgan fingerprint density at radius 3 is 3.00 bits per heavy atom. The van der Waals surface area contributed by atoms with Gasteiger partial charge in [0.05, 0.1) is 0 Å². The third-order valence-corrected chi connectivity index (χ3v) is 5.11. The average Bonchev–Trinajstić information content (AvgIpc) is 2.94. The molecule has 2 fully saturated rings. The predicted molar refractivity (Wildman–Crippen MR) is 74.9 cm³/mol. The number of hydrogen-bond donors (Lipinski definition) is 1. The van der Waals surface area contributed by atoms with Crippen molar-refractivity contribution in [2.75, 3.05) is 18.0 Å². The number of aryl methyl sites for hydroxylation is 1. The fraction of sp³-hybridized carbons (Fsp3) is 0.846. The quantitative estimate of drug-likeness (QED) is 0.910. The first-order valence-electron chi connectivity index (χ1n) is 7.09. The van der Waals surface area contributed by atoms with Gasteiger partial charge in [0.25, 0.3) is 0 Å². The van der Waals surface area contributed by atoms with Crippen LogP contribution >= 0.6 is 11.5 Å². The molecule has 0 aromatic carbocycles. The first-order chi connectivity index (χ1) is 8.76. The van der Waals surface area contributed by atoms with Crippen LogP contribution < -0.4 is 10.6 Å². The molecule has 18 heavy (non-hydrogen) atoms. The summed E-state index contributed by atoms with van der Waals surface area (Å²) in [6.07, 6.45) is 5.81. The molecule has 2 aliphatic rings. The standard InChI is InChI=1S/C13H22N4S/c1-2-3-12-15-13(18-16-12)17-7-9-4-5-11(14)6-10(9)8-17/h9-11H,2-8,14H2,1H3/t9-,10+,11?/m1/s1. The van der Waals surface area contributed by atoms with Crippen LogP contribution in [0.25, 0.3) is 0 Å². The number of nitrogens with two attached hydrogens (primary N) is 1. The SMILES string of the molecule is CCCc1nsc(N2C[C@H]3CCC(N)C[C@H]3C2)n1. The maximum absolute atomic E-state index is 6.07. The van der Waals surface area contributed by atoms with Crippen molar-refractivity contribution in [2.45, 2.75) is 45.1 Å². The average molecular weight is 266 g/mol. The van der Waals surface area contributed by atoms with Crippen molar-refractivity contribution in [1.82, 2.24) is 9.36 Å². The lowest BCUT2D eigenvalue weighted by atomic mass is 9.79. The smallest absolute Gasteiger partial charge is 0.205 e. The van der Waals surface area contributed by atoms with Crippen LogP contribution in [0.4, 0.5) is 5.13 Å². The van der Waals surface area contributed by atoms with Crippen LogP contribution in [-0.4, -0.2) is 28.5 Å². The molecule has 5 heteroatoms. The summed E-state index contributed by atoms with van der Waals surface area (Å²) in [6, 6.07) is 0.427. The Morgan fingerprint density at radius 1 is 1.33 bits per heavy atom. The number of anilines is 1. The highest BCUT2D eigenvalue weighted by Crippen LogP contribution is 2.38. The van der Waals surface area contributed by atoms with Crippen LogP contribution in [0.5, 0.6) is 0 Å². The van der Waals surface area contributed by atoms with Crippen molar-refractivity contribution in [3.8, 4) is 0 Å². The van der Waals surface area contributed by atoms with Crippen LogP contribution in [0.2, 0.25) is 0 Å². The zero-order valence-corrected chi connectivity index (χ0v) is 11.8. The maximum Gasteiger partial charge on any atom is 0.205 e. The summed E-state index contributed by atoms with van der Waals surface area (Å²) in [5, 5.41) is 1.13. The third-order valence-electron chi connectivity index (χ3n) is 4.29. The lowest BCUT2D eigenvalue weighted by Crippen LogP contribution is -2.32. The van der Waals surface area contributed by atoms with E-state index in [1.165, 1.54) is 19.3 Å². The molecule has 100 valence electrons. The molecule has 1 aliphatic heterocycles. The molecule has 1 aliphatic carbocycles. The molecule has 1 saturated heterocycles. The van der Waals surface area contributed by atoms with Gasteiger partial charge in [0.2, 0.25) is 5.13 Å². The van der Waals surface area contributed by atoms with Crippen molar-refractivity contribution in [3.05, 3.63) is 5.82 Å². The number of fused-ring (bicyclic) bond motifs is 1. The monoisotopic (exact) mass is 266 g/mol. The second-order valence-electron chi connectivity index (χ2n) is 5.74. The number of rotatable bonds is 3. The summed E-state index contributed by atoms with van der Waals surface area (Å²) in [5.41, 5.74) is 6.07. The Bertz CT molecular complexity index is 405. The van der Waals surface area contributed by atoms with Gasteiger partial charge < -0.3 is 10.6 Å². The zero-order chi connectivity index (χ0) is 12.5. The number of nitrogens with zero attached hydrogens (tertiary/aromatic N) is 3. The lowest BCUT2D eigenvalue weighted by molar-refractivity contribution is 0.271. The minimum atomic E-state index is 0.427. The molecule has 1 saturated carbocycles. The van der Waals surface area contributed by atoms with Gasteiger partial charge in [-0.25, -0.2) is 4.98 Å². The van der Waals surface area contributed by atoms with Crippen LogP contribution in [0, 0.1) is 11.8 Å². The van der Waals surface area contributed by atoms with Gasteiger partial charge in [0, 0.05) is 37.1 Å². The topological polar surface area (TPSA) is 55.0 Å². The Balaban J connectivity index is 1.67. The van der Waals surface area contributed by atoms with Gasteiger partial charge in [0.15, 0.2) is 0 Å². The second kappa shape index (κ2) is 5.13. The van der Waals surface area contributed by atoms with Gasteiger partial charge in [-0.3, -0.25) is 0 Å². The van der Waals surface area contributed by atoms with E-state index < -0.39 is 0 Å². The first kappa shape index (κ1) is 12.4. The Morgan fingerprint density at radius 2 is 2.17 bits per heavy atom. The van der Waals surface area contributed by atoms with E-state index in [0.29, 0.717) is 6.04 Å². The van der Waals surface area contributed by atoms with E-state index in [4.69, 9.17) is 5.73 Å². The molecular formula is C13H22N4S. The summed E-state index contributed by atoms with van der Waals surface area (Å²) < 4.78 is 4.45. The fourth-order valence-electron chi connectivity index (χ4n) is 3.32. The number of hydrogen-bond acceptors (Lipinski definition) is 5. The minimum absolute atomic E-state index is 0.427. The van der Waals surface area contributed by atoms with Crippen LogP contribution in [0.1, 0.15) is 38.4 Å². The van der Waals surface area contributed by atoms with Crippen molar-refractivity contribution in [1.29, 1.82) is 0 Å². The molecule has 2 N–H and O–H groups in total. The van der Waals surface area contributed by atoms with Crippen molar-refractivity contribution < 1.29 is 0 Å². The molecule has 3 rings (SSSR count). The van der Waals surface area contributed by atoms with Gasteiger partial charge in [0.1, 0.15) is 5.82 Å². The molecule has 0 radical (unpaired) electrons. The van der Waals surface area contributed by atoms with Gasteiger partial charge in [-0.15, -0.1) is 0 Å². The largest absolute Gasteiger partial charge is 0.346 e. The normalized spacial score (nSPS) is 31.7. The van der Waals surface area contributed by atoms with Gasteiger partial charge in [-0.2, -0.15) is 4.37 Å². The van der Waals surface area contributed by atoms with E-state index in [0.717, 1.165) is 48.7 Å². The molecule has 1 unspecified atom stereocenters. The first-order valence-corrected chi connectivity index (χ1v) is 7.86. The maximum atomic E-state index is 6.07. The second-order valence-corrected chi connectivity index (χ2v) is 6.47. The lowest BCUT2D eigenvalue weighted by Gasteiger charge is -2.27. The molecule has 2 heterocycles.